The highest BCUT2D eigenvalue weighted by Crippen LogP contribution is 2.32. The van der Waals surface area contributed by atoms with Gasteiger partial charge in [-0.1, -0.05) is 30.2 Å². The number of carboxylic acid groups (broad SMARTS) is 1. The maximum absolute atomic E-state index is 11.2. The zero-order valence-corrected chi connectivity index (χ0v) is 19.7. The Kier molecular flexibility index (Phi) is 6.81. The molecular weight excluding hydrogens is 432 g/mol. The maximum Gasteiger partial charge on any atom is 0.304 e. The molecule has 0 spiro atoms. The summed E-state index contributed by atoms with van der Waals surface area (Å²) in [4.78, 5) is 19.2. The van der Waals surface area contributed by atoms with Crippen molar-refractivity contribution in [3.05, 3.63) is 81.4 Å². The predicted octanol–water partition coefficient (Wildman–Crippen LogP) is 6.19. The number of thiazole rings is 1. The normalized spacial score (nSPS) is 12.7. The summed E-state index contributed by atoms with van der Waals surface area (Å²) < 4.78 is 6.49. The van der Waals surface area contributed by atoms with E-state index >= 15 is 0 Å². The van der Waals surface area contributed by atoms with Crippen LogP contribution in [-0.2, 0) is 11.2 Å². The Morgan fingerprint density at radius 1 is 1.18 bits per heavy atom. The number of rotatable bonds is 8. The molecule has 0 aliphatic carbocycles. The van der Waals surface area contributed by atoms with Crippen molar-refractivity contribution >= 4 is 28.2 Å². The minimum Gasteiger partial charge on any atom is -0.485 e. The van der Waals surface area contributed by atoms with E-state index in [9.17, 15) is 9.90 Å². The van der Waals surface area contributed by atoms with E-state index in [4.69, 9.17) is 4.74 Å². The van der Waals surface area contributed by atoms with Crippen LogP contribution in [0.15, 0.2) is 54.0 Å². The third-order valence-electron chi connectivity index (χ3n) is 5.70. The van der Waals surface area contributed by atoms with E-state index in [-0.39, 0.29) is 18.4 Å². The van der Waals surface area contributed by atoms with Crippen LogP contribution in [0.1, 0.15) is 52.8 Å². The van der Waals surface area contributed by atoms with Gasteiger partial charge in [-0.3, -0.25) is 4.79 Å². The average Bonchev–Trinajstić information content (AvgIpc) is 3.43. The molecule has 1 unspecified atom stereocenters. The van der Waals surface area contributed by atoms with Gasteiger partial charge in [-0.15, -0.1) is 17.3 Å². The van der Waals surface area contributed by atoms with Gasteiger partial charge in [-0.25, -0.2) is 4.98 Å². The fourth-order valence-electron chi connectivity index (χ4n) is 4.09. The van der Waals surface area contributed by atoms with E-state index in [1.807, 2.05) is 37.4 Å². The van der Waals surface area contributed by atoms with Crippen LogP contribution in [0.25, 0.3) is 10.9 Å². The number of benzene rings is 2. The standard InChI is InChI=1S/C27H26N2O3S/c1-4-5-21(14-26(30)31)19-6-9-23(10-7-19)32-25(15-22-16-33-18(3)29-22)24-11-8-20-12-13-28-27(20)17(24)2/h6-13,16,21,25,28H,14-15H2,1-3H3,(H,30,31)/t21?,25-/m0/s1. The fraction of sp³-hybridized carbons (Fsp3) is 0.259. The van der Waals surface area contributed by atoms with Crippen LogP contribution in [0.4, 0.5) is 0 Å². The Hall–Kier alpha value is -3.56. The van der Waals surface area contributed by atoms with Crippen molar-refractivity contribution in [1.82, 2.24) is 9.97 Å². The van der Waals surface area contributed by atoms with E-state index < -0.39 is 5.97 Å². The summed E-state index contributed by atoms with van der Waals surface area (Å²) in [6.45, 7) is 5.84. The van der Waals surface area contributed by atoms with Gasteiger partial charge in [0.25, 0.3) is 0 Å². The number of H-pyrrole nitrogens is 1. The molecule has 0 amide bonds. The van der Waals surface area contributed by atoms with Crippen LogP contribution in [-0.4, -0.2) is 21.0 Å². The number of aromatic nitrogens is 2. The molecule has 4 rings (SSSR count). The highest BCUT2D eigenvalue weighted by molar-refractivity contribution is 7.09. The number of hydrogen-bond acceptors (Lipinski definition) is 4. The topological polar surface area (TPSA) is 75.2 Å². The number of ether oxygens (including phenoxy) is 1. The molecule has 0 aliphatic rings. The molecule has 4 aromatic rings. The van der Waals surface area contributed by atoms with Gasteiger partial charge in [-0.05, 0) is 61.0 Å². The van der Waals surface area contributed by atoms with Crippen LogP contribution in [0.3, 0.4) is 0 Å². The number of hydrogen-bond donors (Lipinski definition) is 2. The SMILES string of the molecule is CC#CC(CC(=O)O)c1ccc(O[C@@H](Cc2csc(C)n2)c2ccc3cc[nH]c3c2C)cc1. The lowest BCUT2D eigenvalue weighted by Gasteiger charge is -2.22. The number of carboxylic acids is 1. The zero-order valence-electron chi connectivity index (χ0n) is 18.9. The highest BCUT2D eigenvalue weighted by Gasteiger charge is 2.20. The third kappa shape index (κ3) is 5.27. The minimum absolute atomic E-state index is 0.0256. The first-order chi connectivity index (χ1) is 15.9. The Labute approximate surface area is 197 Å². The molecule has 2 aromatic heterocycles. The molecule has 2 N–H and O–H groups in total. The summed E-state index contributed by atoms with van der Waals surface area (Å²) in [5, 5.41) is 13.5. The molecule has 2 heterocycles. The Morgan fingerprint density at radius 2 is 1.97 bits per heavy atom. The molecule has 6 heteroatoms. The van der Waals surface area contributed by atoms with Crippen LogP contribution < -0.4 is 4.74 Å². The van der Waals surface area contributed by atoms with E-state index in [0.29, 0.717) is 6.42 Å². The first-order valence-electron chi connectivity index (χ1n) is 10.8. The second kappa shape index (κ2) is 9.93. The van der Waals surface area contributed by atoms with Crippen molar-refractivity contribution < 1.29 is 14.6 Å². The van der Waals surface area contributed by atoms with Gasteiger partial charge in [-0.2, -0.15) is 0 Å². The van der Waals surface area contributed by atoms with Gasteiger partial charge in [0.15, 0.2) is 0 Å². The number of aromatic amines is 1. The van der Waals surface area contributed by atoms with E-state index in [2.05, 4.69) is 52.3 Å². The molecule has 0 bridgehead atoms. The number of fused-ring (bicyclic) bond motifs is 1. The first kappa shape index (κ1) is 22.6. The summed E-state index contributed by atoms with van der Waals surface area (Å²) in [6, 6.07) is 13.9. The highest BCUT2D eigenvalue weighted by atomic mass is 32.1. The molecule has 0 aliphatic heterocycles. The van der Waals surface area contributed by atoms with Gasteiger partial charge in [0.05, 0.1) is 23.0 Å². The summed E-state index contributed by atoms with van der Waals surface area (Å²) in [5.41, 5.74) is 5.26. The number of nitrogens with one attached hydrogen (secondary N) is 1. The Bertz CT molecular complexity index is 1320. The summed E-state index contributed by atoms with van der Waals surface area (Å²) in [6.07, 6.45) is 2.37. The van der Waals surface area contributed by atoms with Gasteiger partial charge < -0.3 is 14.8 Å². The maximum atomic E-state index is 11.2. The number of carbonyl (C=O) groups is 1. The van der Waals surface area contributed by atoms with E-state index in [0.717, 1.165) is 38.7 Å². The summed E-state index contributed by atoms with van der Waals surface area (Å²) >= 11 is 1.64. The summed E-state index contributed by atoms with van der Waals surface area (Å²) in [7, 11) is 0. The molecule has 0 saturated carbocycles. The van der Waals surface area contributed by atoms with Crippen molar-refractivity contribution in [2.24, 2.45) is 0 Å². The largest absolute Gasteiger partial charge is 0.485 e. The van der Waals surface area contributed by atoms with Crippen molar-refractivity contribution in [3.63, 3.8) is 0 Å². The lowest BCUT2D eigenvalue weighted by Crippen LogP contribution is -2.13. The lowest BCUT2D eigenvalue weighted by atomic mass is 9.96. The molecule has 0 radical (unpaired) electrons. The predicted molar refractivity (Wildman–Crippen MR) is 132 cm³/mol. The Balaban J connectivity index is 1.64. The average molecular weight is 459 g/mol. The van der Waals surface area contributed by atoms with Crippen molar-refractivity contribution in [3.8, 4) is 17.6 Å². The molecule has 168 valence electrons. The summed E-state index contributed by atoms with van der Waals surface area (Å²) in [5.74, 6) is 5.34. The molecule has 2 atom stereocenters. The van der Waals surface area contributed by atoms with E-state index in [1.54, 1.807) is 18.3 Å². The first-order valence-corrected chi connectivity index (χ1v) is 11.7. The molecule has 2 aromatic carbocycles. The second-order valence-electron chi connectivity index (χ2n) is 8.00. The van der Waals surface area contributed by atoms with Crippen molar-refractivity contribution in [2.45, 2.75) is 45.6 Å². The van der Waals surface area contributed by atoms with Gasteiger partial charge in [0, 0.05) is 23.5 Å². The van der Waals surface area contributed by atoms with Crippen molar-refractivity contribution in [2.75, 3.05) is 0 Å². The fourth-order valence-corrected chi connectivity index (χ4v) is 4.72. The van der Waals surface area contributed by atoms with Crippen LogP contribution in [0.2, 0.25) is 0 Å². The van der Waals surface area contributed by atoms with Gasteiger partial charge in [0.2, 0.25) is 0 Å². The van der Waals surface area contributed by atoms with Gasteiger partial charge >= 0.3 is 5.97 Å². The monoisotopic (exact) mass is 458 g/mol. The third-order valence-corrected chi connectivity index (χ3v) is 6.52. The quantitative estimate of drug-likeness (QED) is 0.309. The van der Waals surface area contributed by atoms with E-state index in [1.165, 1.54) is 5.39 Å². The smallest absolute Gasteiger partial charge is 0.304 e. The van der Waals surface area contributed by atoms with Crippen LogP contribution >= 0.6 is 11.3 Å². The Morgan fingerprint density at radius 3 is 2.64 bits per heavy atom. The molecular formula is C27H26N2O3S. The van der Waals surface area contributed by atoms with Crippen LogP contribution in [0, 0.1) is 25.7 Å². The molecule has 0 fully saturated rings. The number of aliphatic carboxylic acids is 1. The number of aryl methyl sites for hydroxylation is 2. The second-order valence-corrected chi connectivity index (χ2v) is 9.07. The number of nitrogens with zero attached hydrogens (tertiary/aromatic N) is 1. The van der Waals surface area contributed by atoms with Crippen LogP contribution in [0.5, 0.6) is 5.75 Å². The van der Waals surface area contributed by atoms with Gasteiger partial charge in [0.1, 0.15) is 11.9 Å². The minimum atomic E-state index is -0.864. The molecule has 0 saturated heterocycles. The van der Waals surface area contributed by atoms with Crippen molar-refractivity contribution in [1.29, 1.82) is 0 Å². The molecule has 5 nitrogen and oxygen atoms in total. The molecule has 33 heavy (non-hydrogen) atoms. The zero-order chi connectivity index (χ0) is 23.4. The lowest BCUT2D eigenvalue weighted by molar-refractivity contribution is -0.137.